The Morgan fingerprint density at radius 3 is 2.54 bits per heavy atom. The van der Waals surface area contributed by atoms with Crippen molar-refractivity contribution in [2.45, 2.75) is 77.4 Å². The van der Waals surface area contributed by atoms with Crippen molar-refractivity contribution in [3.05, 3.63) is 17.0 Å². The van der Waals surface area contributed by atoms with Crippen LogP contribution in [0.4, 0.5) is 0 Å². The third-order valence-electron chi connectivity index (χ3n) is 6.78. The lowest BCUT2D eigenvalue weighted by Gasteiger charge is -2.46. The standard InChI is InChI=1S/C20H34N4/c1-15-19(16(2)22(3)21-15)14-24(18-9-10-18)13-17-7-6-12-23-11-5-4-8-20(17)23/h17-18,20H,4-14H2,1-3H3/t17-,20+/m0/s1. The van der Waals surface area contributed by atoms with Crippen LogP contribution in [0.15, 0.2) is 0 Å². The molecule has 3 heterocycles. The van der Waals surface area contributed by atoms with Crippen molar-refractivity contribution in [1.82, 2.24) is 19.6 Å². The molecule has 3 aliphatic rings. The zero-order valence-electron chi connectivity index (χ0n) is 15.8. The van der Waals surface area contributed by atoms with Gasteiger partial charge in [0.25, 0.3) is 0 Å². The van der Waals surface area contributed by atoms with E-state index in [1.54, 1.807) is 0 Å². The van der Waals surface area contributed by atoms with Crippen LogP contribution < -0.4 is 0 Å². The van der Waals surface area contributed by atoms with E-state index in [1.165, 1.54) is 81.5 Å². The lowest BCUT2D eigenvalue weighted by molar-refractivity contribution is 0.0372. The molecule has 2 atom stereocenters. The Kier molecular flexibility index (Phi) is 4.70. The molecule has 4 nitrogen and oxygen atoms in total. The van der Waals surface area contributed by atoms with Crippen LogP contribution in [0, 0.1) is 19.8 Å². The molecule has 134 valence electrons. The summed E-state index contributed by atoms with van der Waals surface area (Å²) < 4.78 is 2.05. The fourth-order valence-electron chi connectivity index (χ4n) is 5.12. The Balaban J connectivity index is 1.47. The van der Waals surface area contributed by atoms with Crippen LogP contribution in [-0.2, 0) is 13.6 Å². The number of hydrogen-bond acceptors (Lipinski definition) is 3. The summed E-state index contributed by atoms with van der Waals surface area (Å²) in [5.74, 6) is 0.886. The Morgan fingerprint density at radius 1 is 1.04 bits per heavy atom. The zero-order chi connectivity index (χ0) is 16.7. The van der Waals surface area contributed by atoms with Crippen molar-refractivity contribution < 1.29 is 0 Å². The molecule has 0 radical (unpaired) electrons. The number of nitrogens with zero attached hydrogens (tertiary/aromatic N) is 4. The molecule has 4 heteroatoms. The monoisotopic (exact) mass is 330 g/mol. The zero-order valence-corrected chi connectivity index (χ0v) is 15.8. The molecule has 1 aliphatic carbocycles. The molecule has 1 saturated carbocycles. The summed E-state index contributed by atoms with van der Waals surface area (Å²) in [5, 5.41) is 4.64. The first-order valence-corrected chi connectivity index (χ1v) is 10.1. The highest BCUT2D eigenvalue weighted by Crippen LogP contribution is 2.35. The summed E-state index contributed by atoms with van der Waals surface area (Å²) in [6.07, 6.45) is 9.96. The van der Waals surface area contributed by atoms with Crippen molar-refractivity contribution in [2.24, 2.45) is 13.0 Å². The fourth-order valence-corrected chi connectivity index (χ4v) is 5.12. The largest absolute Gasteiger partial charge is 0.300 e. The number of piperidine rings is 2. The Morgan fingerprint density at radius 2 is 1.83 bits per heavy atom. The van der Waals surface area contributed by atoms with E-state index in [9.17, 15) is 0 Å². The Labute approximate surface area is 147 Å². The van der Waals surface area contributed by atoms with Gasteiger partial charge in [-0.05, 0) is 71.4 Å². The highest BCUT2D eigenvalue weighted by molar-refractivity contribution is 5.24. The molecule has 2 saturated heterocycles. The summed E-state index contributed by atoms with van der Waals surface area (Å²) in [4.78, 5) is 5.61. The SMILES string of the molecule is Cc1nn(C)c(C)c1CN(C[C@@H]1CCCN2CCCC[C@H]12)C1CC1. The van der Waals surface area contributed by atoms with Crippen molar-refractivity contribution in [1.29, 1.82) is 0 Å². The predicted molar refractivity (Wildman–Crippen MR) is 98.1 cm³/mol. The number of hydrogen-bond donors (Lipinski definition) is 0. The molecule has 1 aromatic heterocycles. The number of rotatable bonds is 5. The first-order chi connectivity index (χ1) is 11.6. The third kappa shape index (κ3) is 3.28. The Bertz CT molecular complexity index is 572. The molecule has 0 unspecified atom stereocenters. The van der Waals surface area contributed by atoms with Crippen LogP contribution in [0.3, 0.4) is 0 Å². The van der Waals surface area contributed by atoms with Crippen molar-refractivity contribution in [2.75, 3.05) is 19.6 Å². The normalized spacial score (nSPS) is 28.3. The minimum absolute atomic E-state index is 0.836. The van der Waals surface area contributed by atoms with Gasteiger partial charge >= 0.3 is 0 Å². The van der Waals surface area contributed by atoms with Crippen LogP contribution >= 0.6 is 0 Å². The second kappa shape index (κ2) is 6.80. The van der Waals surface area contributed by atoms with Crippen LogP contribution in [0.2, 0.25) is 0 Å². The van der Waals surface area contributed by atoms with Gasteiger partial charge in [0.15, 0.2) is 0 Å². The van der Waals surface area contributed by atoms with Crippen molar-refractivity contribution in [3.63, 3.8) is 0 Å². The van der Waals surface area contributed by atoms with Crippen LogP contribution in [0.5, 0.6) is 0 Å². The molecule has 3 fully saturated rings. The van der Waals surface area contributed by atoms with E-state index in [4.69, 9.17) is 0 Å². The van der Waals surface area contributed by atoms with Gasteiger partial charge in [-0.3, -0.25) is 9.58 Å². The summed E-state index contributed by atoms with van der Waals surface area (Å²) in [6, 6.07) is 1.70. The number of aromatic nitrogens is 2. The van der Waals surface area contributed by atoms with E-state index < -0.39 is 0 Å². The molecule has 1 aromatic rings. The molecular formula is C20H34N4. The highest BCUT2D eigenvalue weighted by Gasteiger charge is 2.37. The van der Waals surface area contributed by atoms with Gasteiger partial charge < -0.3 is 4.90 Å². The van der Waals surface area contributed by atoms with Crippen molar-refractivity contribution in [3.8, 4) is 0 Å². The van der Waals surface area contributed by atoms with Crippen LogP contribution in [0.1, 0.15) is 61.9 Å². The van der Waals surface area contributed by atoms with Gasteiger partial charge in [0.2, 0.25) is 0 Å². The van der Waals surface area contributed by atoms with Gasteiger partial charge in [-0.1, -0.05) is 6.42 Å². The molecule has 4 rings (SSSR count). The second-order valence-corrected chi connectivity index (χ2v) is 8.44. The van der Waals surface area contributed by atoms with Gasteiger partial charge in [-0.25, -0.2) is 0 Å². The summed E-state index contributed by atoms with van der Waals surface area (Å²) in [6.45, 7) is 9.52. The lowest BCUT2D eigenvalue weighted by Crippen LogP contribution is -2.51. The molecule has 0 aromatic carbocycles. The minimum atomic E-state index is 0.836. The maximum absolute atomic E-state index is 4.64. The van der Waals surface area contributed by atoms with E-state index in [2.05, 4.69) is 40.5 Å². The summed E-state index contributed by atoms with van der Waals surface area (Å²) >= 11 is 0. The van der Waals surface area contributed by atoms with E-state index in [1.807, 2.05) is 0 Å². The number of aryl methyl sites for hydroxylation is 2. The summed E-state index contributed by atoms with van der Waals surface area (Å²) in [7, 11) is 2.08. The summed E-state index contributed by atoms with van der Waals surface area (Å²) in [5.41, 5.74) is 4.05. The average Bonchev–Trinajstić information content (AvgIpc) is 3.39. The van der Waals surface area contributed by atoms with Gasteiger partial charge in [0, 0.05) is 43.5 Å². The van der Waals surface area contributed by atoms with E-state index in [-0.39, 0.29) is 0 Å². The Hall–Kier alpha value is -0.870. The van der Waals surface area contributed by atoms with E-state index >= 15 is 0 Å². The molecule has 0 spiro atoms. The van der Waals surface area contributed by atoms with Gasteiger partial charge in [-0.15, -0.1) is 0 Å². The van der Waals surface area contributed by atoms with Crippen LogP contribution in [-0.4, -0.2) is 51.3 Å². The first-order valence-electron chi connectivity index (χ1n) is 10.1. The smallest absolute Gasteiger partial charge is 0.0641 e. The van der Waals surface area contributed by atoms with Gasteiger partial charge in [0.05, 0.1) is 5.69 Å². The van der Waals surface area contributed by atoms with Gasteiger partial charge in [0.1, 0.15) is 0 Å². The van der Waals surface area contributed by atoms with Gasteiger partial charge in [-0.2, -0.15) is 5.10 Å². The molecule has 0 amide bonds. The van der Waals surface area contributed by atoms with Crippen LogP contribution in [0.25, 0.3) is 0 Å². The lowest BCUT2D eigenvalue weighted by atomic mass is 9.83. The highest BCUT2D eigenvalue weighted by atomic mass is 15.3. The molecular weight excluding hydrogens is 296 g/mol. The maximum atomic E-state index is 4.64. The second-order valence-electron chi connectivity index (χ2n) is 8.44. The number of fused-ring (bicyclic) bond motifs is 1. The maximum Gasteiger partial charge on any atom is 0.0641 e. The quantitative estimate of drug-likeness (QED) is 0.828. The topological polar surface area (TPSA) is 24.3 Å². The molecule has 0 bridgehead atoms. The van der Waals surface area contributed by atoms with E-state index in [0.717, 1.165) is 24.5 Å². The fraction of sp³-hybridized carbons (Fsp3) is 0.850. The molecule has 2 aliphatic heterocycles. The molecule has 0 N–H and O–H groups in total. The van der Waals surface area contributed by atoms with Crippen molar-refractivity contribution >= 4 is 0 Å². The third-order valence-corrected chi connectivity index (χ3v) is 6.78. The minimum Gasteiger partial charge on any atom is -0.300 e. The first kappa shape index (κ1) is 16.6. The van der Waals surface area contributed by atoms with E-state index in [0.29, 0.717) is 0 Å². The average molecular weight is 331 g/mol. The molecule has 24 heavy (non-hydrogen) atoms. The predicted octanol–water partition coefficient (Wildman–Crippen LogP) is 3.27.